The normalized spacial score (nSPS) is 20.2. The van der Waals surface area contributed by atoms with E-state index >= 15 is 0 Å². The standard InChI is InChI=1S/C24H28N4O7/c1-16(29)34-35-24(23(25)27-33)13-14-28(21(31)12-9-17-7-10-19(30)11-8-17)20(15-24)26-22(32)18-5-3-2-4-6-18/h2-8,10-11,20,30,33H,9,12-15H2,1H3,(H2,25,27)(H,26,32). The summed E-state index contributed by atoms with van der Waals surface area (Å²) in [5, 5.41) is 24.6. The molecule has 3 rings (SSSR count). The molecule has 0 spiro atoms. The molecule has 1 fully saturated rings. The van der Waals surface area contributed by atoms with Crippen LogP contribution in [-0.4, -0.2) is 57.1 Å². The molecule has 1 aliphatic heterocycles. The molecule has 0 radical (unpaired) electrons. The monoisotopic (exact) mass is 484 g/mol. The lowest BCUT2D eigenvalue weighted by atomic mass is 9.87. The van der Waals surface area contributed by atoms with E-state index in [-0.39, 0.29) is 43.3 Å². The van der Waals surface area contributed by atoms with Crippen LogP contribution in [0.3, 0.4) is 0 Å². The molecule has 2 atom stereocenters. The van der Waals surface area contributed by atoms with Gasteiger partial charge < -0.3 is 26.3 Å². The van der Waals surface area contributed by atoms with Crippen molar-refractivity contribution in [1.29, 1.82) is 0 Å². The van der Waals surface area contributed by atoms with Crippen molar-refractivity contribution >= 4 is 23.6 Å². The number of carbonyl (C=O) groups is 3. The smallest absolute Gasteiger partial charge is 0.339 e. The third-order valence-electron chi connectivity index (χ3n) is 5.77. The quantitative estimate of drug-likeness (QED) is 0.145. The molecule has 1 saturated heterocycles. The van der Waals surface area contributed by atoms with Gasteiger partial charge in [-0.15, -0.1) is 0 Å². The van der Waals surface area contributed by atoms with Gasteiger partial charge in [0.05, 0.1) is 0 Å². The average molecular weight is 485 g/mol. The van der Waals surface area contributed by atoms with Gasteiger partial charge in [0.15, 0.2) is 11.4 Å². The van der Waals surface area contributed by atoms with Crippen LogP contribution in [0.15, 0.2) is 59.8 Å². The number of oxime groups is 1. The number of benzene rings is 2. The first-order valence-corrected chi connectivity index (χ1v) is 11.0. The summed E-state index contributed by atoms with van der Waals surface area (Å²) >= 11 is 0. The highest BCUT2D eigenvalue weighted by Crippen LogP contribution is 2.31. The molecule has 2 amide bonds. The first kappa shape index (κ1) is 25.5. The number of aromatic hydroxyl groups is 1. The number of piperidine rings is 1. The highest BCUT2D eigenvalue weighted by atomic mass is 17.2. The average Bonchev–Trinajstić information content (AvgIpc) is 2.87. The minimum atomic E-state index is -1.55. The number of likely N-dealkylation sites (tertiary alicyclic amines) is 1. The topological polar surface area (TPSA) is 164 Å². The zero-order valence-electron chi connectivity index (χ0n) is 19.2. The number of hydrogen-bond donors (Lipinski definition) is 4. The number of hydrogen-bond acceptors (Lipinski definition) is 8. The van der Waals surface area contributed by atoms with Crippen LogP contribution < -0.4 is 11.1 Å². The van der Waals surface area contributed by atoms with E-state index in [1.807, 2.05) is 0 Å². The maximum absolute atomic E-state index is 13.2. The summed E-state index contributed by atoms with van der Waals surface area (Å²) in [5.74, 6) is -1.64. The van der Waals surface area contributed by atoms with Crippen LogP contribution in [-0.2, 0) is 25.8 Å². The lowest BCUT2D eigenvalue weighted by molar-refractivity contribution is -0.322. The molecule has 186 valence electrons. The van der Waals surface area contributed by atoms with Crippen molar-refractivity contribution < 1.29 is 34.5 Å². The zero-order valence-corrected chi connectivity index (χ0v) is 19.2. The van der Waals surface area contributed by atoms with E-state index in [0.29, 0.717) is 12.0 Å². The fourth-order valence-electron chi connectivity index (χ4n) is 3.87. The number of phenols is 1. The Morgan fingerprint density at radius 3 is 2.49 bits per heavy atom. The molecule has 11 heteroatoms. The molecular weight excluding hydrogens is 456 g/mol. The fourth-order valence-corrected chi connectivity index (χ4v) is 3.87. The highest BCUT2D eigenvalue weighted by molar-refractivity contribution is 5.95. The second-order valence-electron chi connectivity index (χ2n) is 8.20. The molecule has 2 unspecified atom stereocenters. The number of nitrogens with two attached hydrogens (primary N) is 1. The molecule has 11 nitrogen and oxygen atoms in total. The summed E-state index contributed by atoms with van der Waals surface area (Å²) in [6.45, 7) is 1.21. The van der Waals surface area contributed by atoms with Gasteiger partial charge in [-0.1, -0.05) is 35.5 Å². The number of nitrogens with one attached hydrogen (secondary N) is 1. The Hall–Kier alpha value is -4.12. The molecule has 2 aromatic rings. The van der Waals surface area contributed by atoms with Crippen LogP contribution in [0.1, 0.15) is 42.1 Å². The van der Waals surface area contributed by atoms with Crippen molar-refractivity contribution in [1.82, 2.24) is 10.2 Å². The van der Waals surface area contributed by atoms with Gasteiger partial charge in [0.1, 0.15) is 11.9 Å². The first-order valence-electron chi connectivity index (χ1n) is 11.0. The van der Waals surface area contributed by atoms with E-state index in [1.165, 1.54) is 4.90 Å². The maximum atomic E-state index is 13.2. The van der Waals surface area contributed by atoms with Crippen LogP contribution in [0.4, 0.5) is 0 Å². The van der Waals surface area contributed by atoms with Gasteiger partial charge in [-0.2, -0.15) is 4.89 Å². The Labute approximate surface area is 202 Å². The number of carbonyl (C=O) groups excluding carboxylic acids is 3. The Bertz CT molecular complexity index is 1080. The SMILES string of the molecule is CC(=O)OOC1(C(N)=NO)CCN(C(=O)CCc2ccc(O)cc2)C(NC(=O)c2ccccc2)C1. The van der Waals surface area contributed by atoms with Gasteiger partial charge in [-0.05, 0) is 36.2 Å². The number of phenolic OH excluding ortho intramolecular Hbond substituents is 1. The van der Waals surface area contributed by atoms with Crippen molar-refractivity contribution in [3.63, 3.8) is 0 Å². The third kappa shape index (κ3) is 6.48. The first-order chi connectivity index (χ1) is 16.7. The second-order valence-corrected chi connectivity index (χ2v) is 8.20. The van der Waals surface area contributed by atoms with E-state index in [0.717, 1.165) is 12.5 Å². The Morgan fingerprint density at radius 2 is 1.86 bits per heavy atom. The van der Waals surface area contributed by atoms with Crippen LogP contribution in [0, 0.1) is 0 Å². The second kappa shape index (κ2) is 11.3. The van der Waals surface area contributed by atoms with Crippen molar-refractivity contribution in [2.75, 3.05) is 6.54 Å². The number of nitrogens with zero attached hydrogens (tertiary/aromatic N) is 2. The molecule has 1 heterocycles. The molecule has 2 aromatic carbocycles. The van der Waals surface area contributed by atoms with Gasteiger partial charge in [0.25, 0.3) is 5.91 Å². The minimum Gasteiger partial charge on any atom is -0.508 e. The van der Waals surface area contributed by atoms with Gasteiger partial charge in [-0.25, -0.2) is 4.79 Å². The maximum Gasteiger partial charge on any atom is 0.339 e. The van der Waals surface area contributed by atoms with Gasteiger partial charge in [-0.3, -0.25) is 14.5 Å². The number of amides is 2. The molecule has 1 aliphatic rings. The summed E-state index contributed by atoms with van der Waals surface area (Å²) in [7, 11) is 0. The lowest BCUT2D eigenvalue weighted by Crippen LogP contribution is -2.63. The molecular formula is C24H28N4O7. The Morgan fingerprint density at radius 1 is 1.17 bits per heavy atom. The van der Waals surface area contributed by atoms with Crippen LogP contribution in [0.5, 0.6) is 5.75 Å². The van der Waals surface area contributed by atoms with Gasteiger partial charge in [0.2, 0.25) is 5.91 Å². The molecule has 0 aliphatic carbocycles. The molecule has 5 N–H and O–H groups in total. The molecule has 0 saturated carbocycles. The van der Waals surface area contributed by atoms with Gasteiger partial charge >= 0.3 is 5.97 Å². The Balaban J connectivity index is 1.82. The van der Waals surface area contributed by atoms with E-state index in [9.17, 15) is 24.7 Å². The number of aryl methyl sites for hydroxylation is 1. The van der Waals surface area contributed by atoms with E-state index in [2.05, 4.69) is 10.5 Å². The van der Waals surface area contributed by atoms with E-state index < -0.39 is 23.6 Å². The summed E-state index contributed by atoms with van der Waals surface area (Å²) in [6, 6.07) is 15.0. The van der Waals surface area contributed by atoms with E-state index in [1.54, 1.807) is 54.6 Å². The predicted molar refractivity (Wildman–Crippen MR) is 124 cm³/mol. The molecule has 0 bridgehead atoms. The van der Waals surface area contributed by atoms with Crippen molar-refractivity contribution in [3.8, 4) is 5.75 Å². The van der Waals surface area contributed by atoms with Gasteiger partial charge in [0, 0.05) is 38.3 Å². The third-order valence-corrected chi connectivity index (χ3v) is 5.77. The molecule has 35 heavy (non-hydrogen) atoms. The van der Waals surface area contributed by atoms with Crippen LogP contribution in [0.25, 0.3) is 0 Å². The van der Waals surface area contributed by atoms with Crippen molar-refractivity contribution in [2.45, 2.75) is 44.4 Å². The summed E-state index contributed by atoms with van der Waals surface area (Å²) in [5.41, 5.74) is 5.58. The van der Waals surface area contributed by atoms with Crippen LogP contribution in [0.2, 0.25) is 0 Å². The van der Waals surface area contributed by atoms with Crippen molar-refractivity contribution in [2.24, 2.45) is 10.9 Å². The number of rotatable bonds is 8. The van der Waals surface area contributed by atoms with Crippen LogP contribution >= 0.6 is 0 Å². The lowest BCUT2D eigenvalue weighted by Gasteiger charge is -2.44. The summed E-state index contributed by atoms with van der Waals surface area (Å²) in [6.07, 6.45) is -0.410. The predicted octanol–water partition coefficient (Wildman–Crippen LogP) is 1.68. The van der Waals surface area contributed by atoms with E-state index in [4.69, 9.17) is 15.5 Å². The summed E-state index contributed by atoms with van der Waals surface area (Å²) in [4.78, 5) is 48.9. The largest absolute Gasteiger partial charge is 0.508 e. The highest BCUT2D eigenvalue weighted by Gasteiger charge is 2.48. The minimum absolute atomic E-state index is 0.0544. The Kier molecular flexibility index (Phi) is 8.26. The zero-order chi connectivity index (χ0) is 25.4. The fraction of sp³-hybridized carbons (Fsp3) is 0.333. The molecule has 0 aromatic heterocycles. The number of amidine groups is 1. The summed E-state index contributed by atoms with van der Waals surface area (Å²) < 4.78 is 0. The van der Waals surface area contributed by atoms with Crippen molar-refractivity contribution in [3.05, 3.63) is 65.7 Å².